The highest BCUT2D eigenvalue weighted by atomic mass is 19.3. The average Bonchev–Trinajstić information content (AvgIpc) is 2.37. The fraction of sp³-hybridized carbons (Fsp3) is 0.455. The molecule has 0 aliphatic heterocycles. The van der Waals surface area contributed by atoms with Gasteiger partial charge in [-0.1, -0.05) is 0 Å². The van der Waals surface area contributed by atoms with Crippen LogP contribution in [0.3, 0.4) is 0 Å². The van der Waals surface area contributed by atoms with E-state index in [1.165, 1.54) is 7.11 Å². The van der Waals surface area contributed by atoms with E-state index in [0.29, 0.717) is 0 Å². The third kappa shape index (κ3) is 3.59. The number of hydrogen-bond donors (Lipinski definition) is 0. The summed E-state index contributed by atoms with van der Waals surface area (Å²) in [5.41, 5.74) is -2.15. The van der Waals surface area contributed by atoms with Crippen molar-refractivity contribution >= 4 is 11.7 Å². The second-order valence-corrected chi connectivity index (χ2v) is 3.59. The van der Waals surface area contributed by atoms with Crippen molar-refractivity contribution in [3.8, 4) is 5.88 Å². The lowest BCUT2D eigenvalue weighted by Crippen LogP contribution is -2.12. The molecule has 20 heavy (non-hydrogen) atoms. The standard InChI is InChI=1S/C11H12F2N2O5/c1-3-20-9(16)5-7-10(15(17)18)6(11(12)13)4-8(14-7)19-2/h4,11H,3,5H2,1-2H3. The monoisotopic (exact) mass is 290 g/mol. The normalized spacial score (nSPS) is 10.4. The topological polar surface area (TPSA) is 91.6 Å². The van der Waals surface area contributed by atoms with Gasteiger partial charge in [0.25, 0.3) is 6.43 Å². The highest BCUT2D eigenvalue weighted by Gasteiger charge is 2.29. The molecule has 0 aliphatic rings. The molecular formula is C11H12F2N2O5. The van der Waals surface area contributed by atoms with E-state index in [1.54, 1.807) is 6.92 Å². The predicted octanol–water partition coefficient (Wildman–Crippen LogP) is 2.04. The summed E-state index contributed by atoms with van der Waals surface area (Å²) >= 11 is 0. The lowest BCUT2D eigenvalue weighted by molar-refractivity contribution is -0.387. The van der Waals surface area contributed by atoms with Crippen LogP contribution in [-0.2, 0) is 16.0 Å². The highest BCUT2D eigenvalue weighted by molar-refractivity contribution is 5.74. The van der Waals surface area contributed by atoms with E-state index < -0.39 is 40.7 Å². The second-order valence-electron chi connectivity index (χ2n) is 3.59. The third-order valence-corrected chi connectivity index (χ3v) is 2.31. The van der Waals surface area contributed by atoms with Crippen LogP contribution in [0.2, 0.25) is 0 Å². The number of carbonyl (C=O) groups excluding carboxylic acids is 1. The quantitative estimate of drug-likeness (QED) is 0.452. The van der Waals surface area contributed by atoms with E-state index in [0.717, 1.165) is 6.07 Å². The Labute approximate surface area is 112 Å². The van der Waals surface area contributed by atoms with Crippen LogP contribution >= 0.6 is 0 Å². The second kappa shape index (κ2) is 6.73. The average molecular weight is 290 g/mol. The molecule has 1 rings (SSSR count). The van der Waals surface area contributed by atoms with Gasteiger partial charge >= 0.3 is 11.7 Å². The summed E-state index contributed by atoms with van der Waals surface area (Å²) in [7, 11) is 1.18. The number of alkyl halides is 2. The Balaban J connectivity index is 3.34. The van der Waals surface area contributed by atoms with Crippen LogP contribution in [0.25, 0.3) is 0 Å². The summed E-state index contributed by atoms with van der Waals surface area (Å²) in [5, 5.41) is 10.9. The number of hydrogen-bond acceptors (Lipinski definition) is 6. The molecule has 110 valence electrons. The number of halogens is 2. The molecule has 0 aliphatic carbocycles. The zero-order valence-corrected chi connectivity index (χ0v) is 10.8. The number of pyridine rings is 1. The maximum absolute atomic E-state index is 12.9. The molecule has 1 heterocycles. The molecule has 1 aromatic heterocycles. The fourth-order valence-corrected chi connectivity index (χ4v) is 1.54. The van der Waals surface area contributed by atoms with E-state index >= 15 is 0 Å². The van der Waals surface area contributed by atoms with E-state index in [1.807, 2.05) is 0 Å². The fourth-order valence-electron chi connectivity index (χ4n) is 1.54. The van der Waals surface area contributed by atoms with Gasteiger partial charge < -0.3 is 9.47 Å². The summed E-state index contributed by atoms with van der Waals surface area (Å²) in [6, 6.07) is 0.775. The van der Waals surface area contributed by atoms with Crippen molar-refractivity contribution in [1.29, 1.82) is 0 Å². The first-order chi connectivity index (χ1) is 9.40. The van der Waals surface area contributed by atoms with Crippen molar-refractivity contribution in [2.45, 2.75) is 19.8 Å². The first kappa shape index (κ1) is 15.7. The zero-order chi connectivity index (χ0) is 15.3. The Hall–Kier alpha value is -2.32. The molecular weight excluding hydrogens is 278 g/mol. The summed E-state index contributed by atoms with van der Waals surface area (Å²) in [4.78, 5) is 25.0. The number of aromatic nitrogens is 1. The third-order valence-electron chi connectivity index (χ3n) is 2.31. The van der Waals surface area contributed by atoms with E-state index in [2.05, 4.69) is 9.72 Å². The molecule has 0 bridgehead atoms. The van der Waals surface area contributed by atoms with Gasteiger partial charge in [-0.3, -0.25) is 14.9 Å². The van der Waals surface area contributed by atoms with Gasteiger partial charge in [-0.15, -0.1) is 0 Å². The number of nitrogens with zero attached hydrogens (tertiary/aromatic N) is 2. The minimum absolute atomic E-state index is 0.0678. The van der Waals surface area contributed by atoms with Crippen molar-refractivity contribution < 1.29 is 28.0 Å². The van der Waals surface area contributed by atoms with Crippen molar-refractivity contribution in [2.24, 2.45) is 0 Å². The Morgan fingerprint density at radius 2 is 2.20 bits per heavy atom. The van der Waals surface area contributed by atoms with Crippen LogP contribution < -0.4 is 4.74 Å². The van der Waals surface area contributed by atoms with Gasteiger partial charge in [0.1, 0.15) is 11.3 Å². The number of methoxy groups -OCH3 is 1. The first-order valence-electron chi connectivity index (χ1n) is 5.56. The molecule has 9 heteroatoms. The Morgan fingerprint density at radius 3 is 2.65 bits per heavy atom. The van der Waals surface area contributed by atoms with Crippen LogP contribution in [0.15, 0.2) is 6.07 Å². The Kier molecular flexibility index (Phi) is 5.30. The first-order valence-corrected chi connectivity index (χ1v) is 5.56. The molecule has 7 nitrogen and oxygen atoms in total. The molecule has 0 saturated heterocycles. The van der Waals surface area contributed by atoms with Gasteiger partial charge in [0.2, 0.25) is 5.88 Å². The van der Waals surface area contributed by atoms with Gasteiger partial charge in [-0.2, -0.15) is 0 Å². The van der Waals surface area contributed by atoms with Crippen LogP contribution in [0, 0.1) is 10.1 Å². The van der Waals surface area contributed by atoms with Gasteiger partial charge in [0.15, 0.2) is 0 Å². The molecule has 0 aromatic carbocycles. The summed E-state index contributed by atoms with van der Waals surface area (Å²) in [6.45, 7) is 1.62. The summed E-state index contributed by atoms with van der Waals surface area (Å²) < 4.78 is 35.1. The summed E-state index contributed by atoms with van der Waals surface area (Å²) in [5.74, 6) is -1.03. The molecule has 0 unspecified atom stereocenters. The number of nitro groups is 1. The molecule has 0 amide bonds. The lowest BCUT2D eigenvalue weighted by Gasteiger charge is -2.09. The lowest BCUT2D eigenvalue weighted by atomic mass is 10.1. The largest absolute Gasteiger partial charge is 0.481 e. The van der Waals surface area contributed by atoms with E-state index in [-0.39, 0.29) is 12.5 Å². The molecule has 0 spiro atoms. The maximum Gasteiger partial charge on any atom is 0.312 e. The predicted molar refractivity (Wildman–Crippen MR) is 62.7 cm³/mol. The molecule has 0 atom stereocenters. The van der Waals surface area contributed by atoms with Gasteiger partial charge in [-0.05, 0) is 6.92 Å². The smallest absolute Gasteiger partial charge is 0.312 e. The van der Waals surface area contributed by atoms with Crippen LogP contribution in [0.4, 0.5) is 14.5 Å². The zero-order valence-electron chi connectivity index (χ0n) is 10.8. The van der Waals surface area contributed by atoms with E-state index in [4.69, 9.17) is 4.74 Å². The van der Waals surface area contributed by atoms with Crippen molar-refractivity contribution in [3.63, 3.8) is 0 Å². The number of ether oxygens (including phenoxy) is 2. The van der Waals surface area contributed by atoms with E-state index in [9.17, 15) is 23.7 Å². The van der Waals surface area contributed by atoms with Crippen molar-refractivity contribution in [1.82, 2.24) is 4.98 Å². The van der Waals surface area contributed by atoms with Crippen molar-refractivity contribution in [2.75, 3.05) is 13.7 Å². The molecule has 0 saturated carbocycles. The molecule has 0 fully saturated rings. The van der Waals surface area contributed by atoms with Crippen molar-refractivity contribution in [3.05, 3.63) is 27.4 Å². The van der Waals surface area contributed by atoms with Crippen LogP contribution in [-0.4, -0.2) is 29.6 Å². The molecule has 0 N–H and O–H groups in total. The number of rotatable bonds is 6. The number of esters is 1. The Bertz CT molecular complexity index is 522. The minimum Gasteiger partial charge on any atom is -0.481 e. The molecule has 1 aromatic rings. The minimum atomic E-state index is -3.09. The molecule has 0 radical (unpaired) electrons. The van der Waals surface area contributed by atoms with Crippen LogP contribution in [0.1, 0.15) is 24.6 Å². The summed E-state index contributed by atoms with van der Waals surface area (Å²) in [6.07, 6.45) is -3.67. The maximum atomic E-state index is 12.9. The SMILES string of the molecule is CCOC(=O)Cc1nc(OC)cc(C(F)F)c1[N+](=O)[O-]. The van der Waals surface area contributed by atoms with Crippen LogP contribution in [0.5, 0.6) is 5.88 Å². The van der Waals surface area contributed by atoms with Gasteiger partial charge in [0, 0.05) is 6.07 Å². The highest BCUT2D eigenvalue weighted by Crippen LogP contribution is 2.34. The van der Waals surface area contributed by atoms with Gasteiger partial charge in [0.05, 0.1) is 25.1 Å². The Morgan fingerprint density at radius 1 is 1.55 bits per heavy atom. The van der Waals surface area contributed by atoms with Gasteiger partial charge in [-0.25, -0.2) is 13.8 Å². The number of carbonyl (C=O) groups is 1.